The lowest BCUT2D eigenvalue weighted by Gasteiger charge is -2.29. The van der Waals surface area contributed by atoms with Crippen molar-refractivity contribution in [3.63, 3.8) is 0 Å². The summed E-state index contributed by atoms with van der Waals surface area (Å²) in [6.45, 7) is 3.79. The average molecular weight is 379 g/mol. The van der Waals surface area contributed by atoms with Crippen molar-refractivity contribution in [1.82, 2.24) is 4.98 Å². The van der Waals surface area contributed by atoms with Crippen LogP contribution in [0, 0.1) is 0 Å². The Morgan fingerprint density at radius 1 is 0.931 bits per heavy atom. The Hall–Kier alpha value is -3.79. The average Bonchev–Trinajstić information content (AvgIpc) is 3.29. The van der Waals surface area contributed by atoms with Gasteiger partial charge >= 0.3 is 0 Å². The minimum Gasteiger partial charge on any atom is -0.362 e. The fourth-order valence-electron chi connectivity index (χ4n) is 4.49. The van der Waals surface area contributed by atoms with E-state index in [2.05, 4.69) is 40.4 Å². The molecule has 3 aromatic carbocycles. The van der Waals surface area contributed by atoms with Gasteiger partial charge in [0.25, 0.3) is 0 Å². The molecule has 142 valence electrons. The van der Waals surface area contributed by atoms with Crippen LogP contribution in [-0.4, -0.2) is 10.9 Å². The number of hydrogen-bond donors (Lipinski definition) is 3. The number of anilines is 2. The third kappa shape index (κ3) is 2.57. The third-order valence-corrected chi connectivity index (χ3v) is 5.80. The number of amides is 1. The molecule has 0 bridgehead atoms. The maximum absolute atomic E-state index is 13.6. The van der Waals surface area contributed by atoms with Crippen LogP contribution in [0.4, 0.5) is 11.4 Å². The fraction of sp³-hybridized carbons (Fsp3) is 0.0800. The molecule has 1 aliphatic heterocycles. The van der Waals surface area contributed by atoms with Gasteiger partial charge in [-0.05, 0) is 47.5 Å². The summed E-state index contributed by atoms with van der Waals surface area (Å²) in [5.41, 5.74) is 5.08. The van der Waals surface area contributed by atoms with Crippen LogP contribution in [0.2, 0.25) is 0 Å². The topological polar surface area (TPSA) is 56.9 Å². The van der Waals surface area contributed by atoms with E-state index in [0.717, 1.165) is 39.0 Å². The van der Waals surface area contributed by atoms with Crippen molar-refractivity contribution in [3.05, 3.63) is 108 Å². The molecule has 3 N–H and O–H groups in total. The predicted molar refractivity (Wildman–Crippen MR) is 118 cm³/mol. The largest absolute Gasteiger partial charge is 0.362 e. The van der Waals surface area contributed by atoms with Crippen LogP contribution in [0.25, 0.3) is 10.9 Å². The van der Waals surface area contributed by atoms with Gasteiger partial charge in [-0.3, -0.25) is 4.79 Å². The van der Waals surface area contributed by atoms with E-state index >= 15 is 0 Å². The van der Waals surface area contributed by atoms with E-state index in [4.69, 9.17) is 0 Å². The molecule has 0 spiro atoms. The summed E-state index contributed by atoms with van der Waals surface area (Å²) in [7, 11) is 0. The monoisotopic (exact) mass is 379 g/mol. The highest BCUT2D eigenvalue weighted by Crippen LogP contribution is 2.47. The molecule has 4 nitrogen and oxygen atoms in total. The minimum atomic E-state index is -0.824. The summed E-state index contributed by atoms with van der Waals surface area (Å²) < 4.78 is 0. The summed E-state index contributed by atoms with van der Waals surface area (Å²) in [5, 5.41) is 7.40. The Kier molecular flexibility index (Phi) is 3.98. The van der Waals surface area contributed by atoms with Gasteiger partial charge in [-0.2, -0.15) is 0 Å². The highest BCUT2D eigenvalue weighted by atomic mass is 16.2. The van der Waals surface area contributed by atoms with Crippen LogP contribution in [0.1, 0.15) is 16.7 Å². The number of para-hydroxylation sites is 3. The number of fused-ring (bicyclic) bond motifs is 2. The number of H-pyrrole nitrogens is 1. The van der Waals surface area contributed by atoms with Crippen molar-refractivity contribution in [2.24, 2.45) is 0 Å². The Balaban J connectivity index is 1.78. The van der Waals surface area contributed by atoms with E-state index in [0.29, 0.717) is 6.42 Å². The smallest absolute Gasteiger partial charge is 0.240 e. The number of aromatic nitrogens is 1. The van der Waals surface area contributed by atoms with Gasteiger partial charge in [-0.1, -0.05) is 61.2 Å². The Morgan fingerprint density at radius 3 is 2.59 bits per heavy atom. The second-order valence-corrected chi connectivity index (χ2v) is 7.34. The van der Waals surface area contributed by atoms with Gasteiger partial charge < -0.3 is 15.6 Å². The van der Waals surface area contributed by atoms with Crippen molar-refractivity contribution in [3.8, 4) is 0 Å². The van der Waals surface area contributed by atoms with E-state index < -0.39 is 5.41 Å². The zero-order valence-electron chi connectivity index (χ0n) is 15.9. The molecule has 0 fully saturated rings. The number of nitrogens with one attached hydrogen (secondary N) is 3. The van der Waals surface area contributed by atoms with Crippen molar-refractivity contribution in [1.29, 1.82) is 0 Å². The Bertz CT molecular complexity index is 1240. The highest BCUT2D eigenvalue weighted by molar-refractivity contribution is 6.11. The van der Waals surface area contributed by atoms with E-state index in [9.17, 15) is 4.79 Å². The first-order valence-corrected chi connectivity index (χ1v) is 9.67. The third-order valence-electron chi connectivity index (χ3n) is 5.80. The molecule has 4 heteroatoms. The van der Waals surface area contributed by atoms with Gasteiger partial charge in [-0.25, -0.2) is 0 Å². The van der Waals surface area contributed by atoms with Gasteiger partial charge in [0.1, 0.15) is 5.41 Å². The SMILES string of the molecule is C=CNc1ccccc1C[C@]1(c2c[nH]c3ccccc23)C(=O)Nc2ccccc21. The molecule has 5 rings (SSSR count). The highest BCUT2D eigenvalue weighted by Gasteiger charge is 2.49. The molecule has 29 heavy (non-hydrogen) atoms. The van der Waals surface area contributed by atoms with Crippen molar-refractivity contribution in [2.45, 2.75) is 11.8 Å². The summed E-state index contributed by atoms with van der Waals surface area (Å²) in [6, 6.07) is 24.2. The first kappa shape index (κ1) is 17.3. The van der Waals surface area contributed by atoms with Crippen LogP contribution in [0.5, 0.6) is 0 Å². The number of carbonyl (C=O) groups is 1. The molecule has 0 aliphatic carbocycles. The zero-order valence-corrected chi connectivity index (χ0v) is 15.9. The predicted octanol–water partition coefficient (Wildman–Crippen LogP) is 5.20. The number of hydrogen-bond acceptors (Lipinski definition) is 2. The molecule has 1 atom stereocenters. The van der Waals surface area contributed by atoms with Crippen molar-refractivity contribution >= 4 is 28.2 Å². The summed E-state index contributed by atoms with van der Waals surface area (Å²) in [6.07, 6.45) is 4.18. The molecule has 0 radical (unpaired) electrons. The van der Waals surface area contributed by atoms with Crippen LogP contribution in [-0.2, 0) is 16.6 Å². The van der Waals surface area contributed by atoms with Gasteiger partial charge in [-0.15, -0.1) is 0 Å². The van der Waals surface area contributed by atoms with E-state index in [1.54, 1.807) is 6.20 Å². The van der Waals surface area contributed by atoms with E-state index in [1.807, 2.05) is 60.8 Å². The quantitative estimate of drug-likeness (QED) is 0.446. The second kappa shape index (κ2) is 6.67. The van der Waals surface area contributed by atoms with Gasteiger partial charge in [0.15, 0.2) is 0 Å². The van der Waals surface area contributed by atoms with Crippen molar-refractivity contribution in [2.75, 3.05) is 10.6 Å². The lowest BCUT2D eigenvalue weighted by Crippen LogP contribution is -2.38. The molecule has 1 amide bonds. The molecule has 2 heterocycles. The standard InChI is InChI=1S/C25H21N3O/c1-2-26-21-12-6-3-9-17(21)15-25(19-11-5-8-14-23(19)28-24(25)29)20-16-27-22-13-7-4-10-18(20)22/h2-14,16,26-27H,1,15H2,(H,28,29)/t25-/m0/s1. The lowest BCUT2D eigenvalue weighted by atomic mass is 9.71. The van der Waals surface area contributed by atoms with Gasteiger partial charge in [0, 0.05) is 28.5 Å². The van der Waals surface area contributed by atoms with Crippen LogP contribution in [0.3, 0.4) is 0 Å². The summed E-state index contributed by atoms with van der Waals surface area (Å²) in [4.78, 5) is 17.0. The maximum Gasteiger partial charge on any atom is 0.240 e. The molecule has 1 aliphatic rings. The van der Waals surface area contributed by atoms with Crippen molar-refractivity contribution < 1.29 is 4.79 Å². The molecule has 0 saturated carbocycles. The zero-order chi connectivity index (χ0) is 19.8. The number of carbonyl (C=O) groups excluding carboxylic acids is 1. The Labute approximate surface area is 169 Å². The second-order valence-electron chi connectivity index (χ2n) is 7.34. The van der Waals surface area contributed by atoms with E-state index in [1.165, 1.54) is 0 Å². The molecule has 0 unspecified atom stereocenters. The summed E-state index contributed by atoms with van der Waals surface area (Å²) >= 11 is 0. The molecular weight excluding hydrogens is 358 g/mol. The summed E-state index contributed by atoms with van der Waals surface area (Å²) in [5.74, 6) is -0.00291. The number of rotatable bonds is 5. The molecule has 1 aromatic heterocycles. The molecule has 0 saturated heterocycles. The lowest BCUT2D eigenvalue weighted by molar-refractivity contribution is -0.119. The van der Waals surface area contributed by atoms with Gasteiger partial charge in [0.2, 0.25) is 5.91 Å². The molecule has 4 aromatic rings. The molecular formula is C25H21N3O. The van der Waals surface area contributed by atoms with Crippen LogP contribution < -0.4 is 10.6 Å². The number of benzene rings is 3. The maximum atomic E-state index is 13.6. The number of aromatic amines is 1. The first-order valence-electron chi connectivity index (χ1n) is 9.67. The van der Waals surface area contributed by atoms with Crippen LogP contribution in [0.15, 0.2) is 91.8 Å². The van der Waals surface area contributed by atoms with Gasteiger partial charge in [0.05, 0.1) is 0 Å². The Morgan fingerprint density at radius 2 is 1.69 bits per heavy atom. The minimum absolute atomic E-state index is 0.00291. The normalized spacial score (nSPS) is 17.7. The first-order chi connectivity index (χ1) is 14.2. The van der Waals surface area contributed by atoms with E-state index in [-0.39, 0.29) is 5.91 Å². The fourth-order valence-corrected chi connectivity index (χ4v) is 4.49. The van der Waals surface area contributed by atoms with Crippen LogP contribution >= 0.6 is 0 Å².